The fourth-order valence-electron chi connectivity index (χ4n) is 2.24. The Morgan fingerprint density at radius 1 is 0.739 bits per heavy atom. The molecule has 0 bridgehead atoms. The van der Waals surface area contributed by atoms with Crippen LogP contribution in [0.5, 0.6) is 0 Å². The van der Waals surface area contributed by atoms with E-state index in [1.165, 1.54) is 12.8 Å². The maximum Gasteiger partial charge on any atom is 0.306 e. The topological polar surface area (TPSA) is 108 Å². The first kappa shape index (κ1) is 21.6. The molecule has 0 saturated heterocycles. The summed E-state index contributed by atoms with van der Waals surface area (Å²) in [4.78, 5) is 32.7. The highest BCUT2D eigenvalue weighted by molar-refractivity contribution is 5.83. The molecule has 0 amide bonds. The number of esters is 1. The molecule has 0 atom stereocenters. The molecule has 0 radical (unpaired) electrons. The third kappa shape index (κ3) is 16.8. The quantitative estimate of drug-likeness (QED) is 0.333. The summed E-state index contributed by atoms with van der Waals surface area (Å²) >= 11 is 0. The van der Waals surface area contributed by atoms with E-state index in [1.54, 1.807) is 0 Å². The Balaban J connectivity index is 3.20. The van der Waals surface area contributed by atoms with Crippen molar-refractivity contribution in [1.82, 2.24) is 0 Å². The zero-order chi connectivity index (χ0) is 17.3. The average Bonchev–Trinajstić information content (AvgIpc) is 2.53. The van der Waals surface area contributed by atoms with Gasteiger partial charge in [0.2, 0.25) is 0 Å². The lowest BCUT2D eigenvalue weighted by molar-refractivity contribution is -0.354. The SMILES string of the molecule is [NH3+]CC(=O)CCC(=O)OCCCCCCCCCCCC(=O)O. The summed E-state index contributed by atoms with van der Waals surface area (Å²) in [6, 6.07) is 0. The van der Waals surface area contributed by atoms with E-state index in [0.717, 1.165) is 44.9 Å². The molecule has 0 aliphatic carbocycles. The number of aliphatic carboxylic acids is 1. The number of hydrogen-bond acceptors (Lipinski definition) is 4. The van der Waals surface area contributed by atoms with Crippen LogP contribution in [-0.4, -0.2) is 36.0 Å². The van der Waals surface area contributed by atoms with Gasteiger partial charge in [0.1, 0.15) is 6.54 Å². The molecule has 23 heavy (non-hydrogen) atoms. The molecule has 0 aliphatic heterocycles. The fraction of sp³-hybridized carbons (Fsp3) is 0.824. The third-order valence-corrected chi connectivity index (χ3v) is 3.68. The highest BCUT2D eigenvalue weighted by atomic mass is 16.5. The van der Waals surface area contributed by atoms with Gasteiger partial charge >= 0.3 is 11.9 Å². The average molecular weight is 330 g/mol. The van der Waals surface area contributed by atoms with Crippen LogP contribution in [0.2, 0.25) is 0 Å². The molecule has 0 unspecified atom stereocenters. The second-order valence-electron chi connectivity index (χ2n) is 5.83. The molecule has 0 aromatic carbocycles. The van der Waals surface area contributed by atoms with Crippen molar-refractivity contribution in [1.29, 1.82) is 0 Å². The minimum absolute atomic E-state index is 0.00934. The predicted octanol–water partition coefficient (Wildman–Crippen LogP) is 2.11. The van der Waals surface area contributed by atoms with Crippen molar-refractivity contribution >= 4 is 17.7 Å². The maximum atomic E-state index is 11.3. The van der Waals surface area contributed by atoms with Crippen LogP contribution in [0.15, 0.2) is 0 Å². The Kier molecular flexibility index (Phi) is 14.5. The number of carbonyl (C=O) groups excluding carboxylic acids is 2. The minimum atomic E-state index is -0.709. The first-order valence-electron chi connectivity index (χ1n) is 8.74. The predicted molar refractivity (Wildman–Crippen MR) is 86.8 cm³/mol. The summed E-state index contributed by atoms with van der Waals surface area (Å²) in [6.45, 7) is 0.666. The van der Waals surface area contributed by atoms with Gasteiger partial charge in [0, 0.05) is 12.8 Å². The smallest absolute Gasteiger partial charge is 0.306 e. The molecule has 0 aromatic heterocycles. The summed E-state index contributed by atoms with van der Waals surface area (Å²) in [5.74, 6) is -1.02. The van der Waals surface area contributed by atoms with Crippen LogP contribution in [0.4, 0.5) is 0 Å². The lowest BCUT2D eigenvalue weighted by Crippen LogP contribution is -2.54. The van der Waals surface area contributed by atoms with E-state index in [2.05, 4.69) is 5.73 Å². The Hall–Kier alpha value is -1.43. The molecule has 4 N–H and O–H groups in total. The number of carboxylic acids is 1. The van der Waals surface area contributed by atoms with Gasteiger partial charge in [-0.25, -0.2) is 0 Å². The lowest BCUT2D eigenvalue weighted by Gasteiger charge is -2.04. The Labute approximate surface area is 138 Å². The molecule has 134 valence electrons. The Bertz CT molecular complexity index is 344. The number of carboxylic acid groups (broad SMARTS) is 1. The second-order valence-corrected chi connectivity index (χ2v) is 5.83. The van der Waals surface area contributed by atoms with Crippen molar-refractivity contribution in [2.24, 2.45) is 0 Å². The summed E-state index contributed by atoms with van der Waals surface area (Å²) < 4.78 is 5.07. The van der Waals surface area contributed by atoms with Crippen LogP contribution in [0.25, 0.3) is 0 Å². The zero-order valence-corrected chi connectivity index (χ0v) is 14.2. The first-order valence-corrected chi connectivity index (χ1v) is 8.74. The first-order chi connectivity index (χ1) is 11.1. The van der Waals surface area contributed by atoms with Gasteiger partial charge in [0.25, 0.3) is 0 Å². The number of unbranched alkanes of at least 4 members (excludes halogenated alkanes) is 8. The van der Waals surface area contributed by atoms with Gasteiger partial charge in [-0.2, -0.15) is 0 Å². The van der Waals surface area contributed by atoms with Gasteiger partial charge in [-0.05, 0) is 12.8 Å². The number of quaternary nitrogens is 1. The van der Waals surface area contributed by atoms with E-state index < -0.39 is 5.97 Å². The molecule has 0 spiro atoms. The summed E-state index contributed by atoms with van der Waals surface area (Å²) in [5, 5.41) is 8.51. The van der Waals surface area contributed by atoms with Crippen LogP contribution < -0.4 is 5.73 Å². The van der Waals surface area contributed by atoms with Crippen LogP contribution >= 0.6 is 0 Å². The van der Waals surface area contributed by atoms with Crippen LogP contribution in [0.1, 0.15) is 77.0 Å². The van der Waals surface area contributed by atoms with Crippen LogP contribution in [0, 0.1) is 0 Å². The molecule has 0 aromatic rings. The number of ether oxygens (including phenoxy) is 1. The highest BCUT2D eigenvalue weighted by Gasteiger charge is 2.07. The second kappa shape index (κ2) is 15.5. The monoisotopic (exact) mass is 330 g/mol. The van der Waals surface area contributed by atoms with Gasteiger partial charge in [-0.1, -0.05) is 44.9 Å². The zero-order valence-electron chi connectivity index (χ0n) is 14.2. The molecular formula is C17H32NO5+. The normalized spacial score (nSPS) is 10.5. The number of Topliss-reactive ketones (excluding diaryl/α,β-unsaturated/α-hetero) is 1. The molecule has 0 heterocycles. The molecule has 0 rings (SSSR count). The summed E-state index contributed by atoms with van der Waals surface area (Å²) in [5.41, 5.74) is 3.48. The minimum Gasteiger partial charge on any atom is -0.481 e. The van der Waals surface area contributed by atoms with E-state index in [4.69, 9.17) is 9.84 Å². The van der Waals surface area contributed by atoms with E-state index in [-0.39, 0.29) is 37.6 Å². The molecule has 0 saturated carbocycles. The van der Waals surface area contributed by atoms with Gasteiger partial charge in [0.05, 0.1) is 13.0 Å². The maximum absolute atomic E-state index is 11.3. The lowest BCUT2D eigenvalue weighted by atomic mass is 10.1. The Morgan fingerprint density at radius 2 is 1.26 bits per heavy atom. The van der Waals surface area contributed by atoms with Crippen molar-refractivity contribution in [3.8, 4) is 0 Å². The van der Waals surface area contributed by atoms with Crippen molar-refractivity contribution in [3.63, 3.8) is 0 Å². The van der Waals surface area contributed by atoms with Gasteiger partial charge < -0.3 is 15.6 Å². The van der Waals surface area contributed by atoms with Crippen molar-refractivity contribution in [2.75, 3.05) is 13.2 Å². The largest absolute Gasteiger partial charge is 0.481 e. The number of rotatable bonds is 16. The van der Waals surface area contributed by atoms with Gasteiger partial charge in [-0.3, -0.25) is 14.4 Å². The number of hydrogen-bond donors (Lipinski definition) is 2. The van der Waals surface area contributed by atoms with E-state index in [1.807, 2.05) is 0 Å². The van der Waals surface area contributed by atoms with Gasteiger partial charge in [-0.15, -0.1) is 0 Å². The van der Waals surface area contributed by atoms with E-state index in [9.17, 15) is 14.4 Å². The summed E-state index contributed by atoms with van der Waals surface area (Å²) in [7, 11) is 0. The molecule has 0 aliphatic rings. The van der Waals surface area contributed by atoms with E-state index >= 15 is 0 Å². The van der Waals surface area contributed by atoms with Crippen LogP contribution in [-0.2, 0) is 19.1 Å². The standard InChI is InChI=1S/C17H31NO5/c18-14-15(19)11-12-17(22)23-13-9-7-5-3-1-2-4-6-8-10-16(20)21/h1-14,18H2,(H,20,21)/p+1. The molecule has 6 heteroatoms. The highest BCUT2D eigenvalue weighted by Crippen LogP contribution is 2.10. The van der Waals surface area contributed by atoms with Crippen molar-refractivity contribution in [2.45, 2.75) is 77.0 Å². The van der Waals surface area contributed by atoms with Crippen LogP contribution in [0.3, 0.4) is 0 Å². The fourth-order valence-corrected chi connectivity index (χ4v) is 2.24. The van der Waals surface area contributed by atoms with Crippen molar-refractivity contribution in [3.05, 3.63) is 0 Å². The van der Waals surface area contributed by atoms with E-state index in [0.29, 0.717) is 6.61 Å². The van der Waals surface area contributed by atoms with Gasteiger partial charge in [0.15, 0.2) is 5.78 Å². The number of ketones is 1. The Morgan fingerprint density at radius 3 is 1.78 bits per heavy atom. The molecule has 0 fully saturated rings. The molecular weight excluding hydrogens is 298 g/mol. The molecule has 6 nitrogen and oxygen atoms in total. The van der Waals surface area contributed by atoms with Crippen molar-refractivity contribution < 1.29 is 30.0 Å². The number of carbonyl (C=O) groups is 3. The summed E-state index contributed by atoms with van der Waals surface area (Å²) in [6.07, 6.45) is 10.1. The third-order valence-electron chi connectivity index (χ3n) is 3.68.